The Kier molecular flexibility index (Phi) is 4.32. The maximum absolute atomic E-state index is 13.1. The van der Waals surface area contributed by atoms with Gasteiger partial charge < -0.3 is 5.32 Å². The third kappa shape index (κ3) is 3.72. The van der Waals surface area contributed by atoms with E-state index in [-0.39, 0.29) is 31.5 Å². The van der Waals surface area contributed by atoms with Crippen LogP contribution in [-0.2, 0) is 11.3 Å². The molecule has 2 atom stereocenters. The molecule has 1 aliphatic rings. The van der Waals surface area contributed by atoms with Gasteiger partial charge in [-0.1, -0.05) is 0 Å². The quantitative estimate of drug-likeness (QED) is 0.885. The molecule has 2 N–H and O–H groups in total. The highest BCUT2D eigenvalue weighted by atomic mass is 19.4. The van der Waals surface area contributed by atoms with Crippen LogP contribution in [0.4, 0.5) is 13.2 Å². The Bertz CT molecular complexity index is 446. The molecule has 112 valence electrons. The molecular formula is C12H17F3N4O. The average molecular weight is 290 g/mol. The summed E-state index contributed by atoms with van der Waals surface area (Å²) in [6, 6.07) is -0.0695. The van der Waals surface area contributed by atoms with Crippen LogP contribution in [0.5, 0.6) is 0 Å². The lowest BCUT2D eigenvalue weighted by Crippen LogP contribution is -2.55. The molecule has 0 unspecified atom stereocenters. The second kappa shape index (κ2) is 5.82. The van der Waals surface area contributed by atoms with E-state index in [0.29, 0.717) is 12.1 Å². The largest absolute Gasteiger partial charge is 0.404 e. The van der Waals surface area contributed by atoms with Gasteiger partial charge in [-0.25, -0.2) is 0 Å². The number of H-pyrrole nitrogens is 1. The summed E-state index contributed by atoms with van der Waals surface area (Å²) in [7, 11) is 0. The van der Waals surface area contributed by atoms with E-state index in [4.69, 9.17) is 0 Å². The lowest BCUT2D eigenvalue weighted by Gasteiger charge is -2.40. The number of halogens is 3. The normalized spacial score (nSPS) is 24.6. The molecule has 5 nitrogen and oxygen atoms in total. The van der Waals surface area contributed by atoms with Crippen molar-refractivity contribution in [2.24, 2.45) is 0 Å². The van der Waals surface area contributed by atoms with Gasteiger partial charge in [0.25, 0.3) is 0 Å². The molecule has 2 rings (SSSR count). The molecular weight excluding hydrogens is 273 g/mol. The highest BCUT2D eigenvalue weighted by Gasteiger charge is 2.46. The van der Waals surface area contributed by atoms with Crippen LogP contribution in [0.2, 0.25) is 0 Å². The fraction of sp³-hybridized carbons (Fsp3) is 0.667. The van der Waals surface area contributed by atoms with Crippen LogP contribution in [0.1, 0.15) is 25.5 Å². The van der Waals surface area contributed by atoms with Gasteiger partial charge in [-0.3, -0.25) is 14.8 Å². The fourth-order valence-corrected chi connectivity index (χ4v) is 2.59. The van der Waals surface area contributed by atoms with Gasteiger partial charge in [0.2, 0.25) is 5.91 Å². The highest BCUT2D eigenvalue weighted by Crippen LogP contribution is 2.32. The van der Waals surface area contributed by atoms with Gasteiger partial charge in [0.05, 0.1) is 0 Å². The molecule has 0 aliphatic carbocycles. The standard InChI is InChI=1S/C12H17F3N4O/c1-8(20)17-9-2-3-11(12(13,14)15)19(6-9)7-10-4-5-16-18-10/h4-5,9,11H,2-3,6-7H2,1H3,(H,16,18)(H,17,20)/t9-,11+/m0/s1. The third-order valence-electron chi connectivity index (χ3n) is 3.40. The van der Waals surface area contributed by atoms with Gasteiger partial charge in [0.1, 0.15) is 6.04 Å². The number of hydrogen-bond acceptors (Lipinski definition) is 3. The molecule has 1 saturated heterocycles. The molecule has 2 heterocycles. The van der Waals surface area contributed by atoms with E-state index in [0.717, 1.165) is 0 Å². The van der Waals surface area contributed by atoms with Crippen molar-refractivity contribution in [1.82, 2.24) is 20.4 Å². The molecule has 0 bridgehead atoms. The fourth-order valence-electron chi connectivity index (χ4n) is 2.59. The van der Waals surface area contributed by atoms with Crippen LogP contribution in [0, 0.1) is 0 Å². The number of rotatable bonds is 3. The Balaban J connectivity index is 2.08. The van der Waals surface area contributed by atoms with E-state index in [2.05, 4.69) is 15.5 Å². The van der Waals surface area contributed by atoms with Crippen molar-refractivity contribution in [3.8, 4) is 0 Å². The van der Waals surface area contributed by atoms with Gasteiger partial charge >= 0.3 is 6.18 Å². The summed E-state index contributed by atoms with van der Waals surface area (Å²) in [5.74, 6) is -0.220. The van der Waals surface area contributed by atoms with Crippen molar-refractivity contribution in [3.63, 3.8) is 0 Å². The first-order chi connectivity index (χ1) is 9.36. The zero-order chi connectivity index (χ0) is 14.8. The zero-order valence-electron chi connectivity index (χ0n) is 11.1. The van der Waals surface area contributed by atoms with Crippen molar-refractivity contribution in [2.75, 3.05) is 6.54 Å². The number of carbonyl (C=O) groups is 1. The molecule has 8 heteroatoms. The predicted octanol–water partition coefficient (Wildman–Crippen LogP) is 1.44. The number of aromatic nitrogens is 2. The molecule has 1 amide bonds. The summed E-state index contributed by atoms with van der Waals surface area (Å²) >= 11 is 0. The summed E-state index contributed by atoms with van der Waals surface area (Å²) in [6.07, 6.45) is -2.43. The Morgan fingerprint density at radius 3 is 2.85 bits per heavy atom. The topological polar surface area (TPSA) is 61.0 Å². The van der Waals surface area contributed by atoms with Crippen LogP contribution in [-0.4, -0.2) is 45.8 Å². The van der Waals surface area contributed by atoms with E-state index in [1.165, 1.54) is 18.0 Å². The number of amides is 1. The first-order valence-electron chi connectivity index (χ1n) is 6.42. The third-order valence-corrected chi connectivity index (χ3v) is 3.40. The Hall–Kier alpha value is -1.57. The van der Waals surface area contributed by atoms with E-state index < -0.39 is 12.2 Å². The molecule has 0 spiro atoms. The van der Waals surface area contributed by atoms with Crippen molar-refractivity contribution in [3.05, 3.63) is 18.0 Å². The van der Waals surface area contributed by atoms with Crippen LogP contribution < -0.4 is 5.32 Å². The maximum Gasteiger partial charge on any atom is 0.404 e. The maximum atomic E-state index is 13.1. The molecule has 1 aromatic rings. The number of nitrogens with one attached hydrogen (secondary N) is 2. The minimum Gasteiger partial charge on any atom is -0.352 e. The van der Waals surface area contributed by atoms with Crippen molar-refractivity contribution < 1.29 is 18.0 Å². The summed E-state index contributed by atoms with van der Waals surface area (Å²) in [6.45, 7) is 1.69. The summed E-state index contributed by atoms with van der Waals surface area (Å²) < 4.78 is 39.2. The minimum absolute atomic E-state index is 0.0113. The molecule has 1 aliphatic heterocycles. The van der Waals surface area contributed by atoms with E-state index in [1.807, 2.05) is 0 Å². The van der Waals surface area contributed by atoms with Crippen LogP contribution >= 0.6 is 0 Å². The Morgan fingerprint density at radius 2 is 2.30 bits per heavy atom. The number of hydrogen-bond donors (Lipinski definition) is 2. The Morgan fingerprint density at radius 1 is 1.55 bits per heavy atom. The Labute approximate surface area is 114 Å². The van der Waals surface area contributed by atoms with Gasteiger partial charge in [-0.05, 0) is 18.9 Å². The van der Waals surface area contributed by atoms with Crippen molar-refractivity contribution >= 4 is 5.91 Å². The molecule has 20 heavy (non-hydrogen) atoms. The highest BCUT2D eigenvalue weighted by molar-refractivity contribution is 5.73. The van der Waals surface area contributed by atoms with Gasteiger partial charge in [-0.2, -0.15) is 18.3 Å². The SMILES string of the molecule is CC(=O)N[C@H]1CC[C@H](C(F)(F)F)N(Cc2ccn[nH]2)C1. The van der Waals surface area contributed by atoms with Crippen molar-refractivity contribution in [1.29, 1.82) is 0 Å². The molecule has 0 saturated carbocycles. The lowest BCUT2D eigenvalue weighted by molar-refractivity contribution is -0.194. The first kappa shape index (κ1) is 14.8. The van der Waals surface area contributed by atoms with Crippen LogP contribution in [0.25, 0.3) is 0 Å². The predicted molar refractivity (Wildman–Crippen MR) is 65.7 cm³/mol. The van der Waals surface area contributed by atoms with E-state index in [1.54, 1.807) is 6.07 Å². The minimum atomic E-state index is -4.26. The lowest BCUT2D eigenvalue weighted by atomic mass is 9.97. The smallest absolute Gasteiger partial charge is 0.352 e. The summed E-state index contributed by atoms with van der Waals surface area (Å²) in [4.78, 5) is 12.4. The number of aromatic amines is 1. The number of piperidine rings is 1. The molecule has 0 aromatic carbocycles. The number of alkyl halides is 3. The van der Waals surface area contributed by atoms with Crippen molar-refractivity contribution in [2.45, 2.75) is 44.6 Å². The van der Waals surface area contributed by atoms with Crippen LogP contribution in [0.15, 0.2) is 12.3 Å². The van der Waals surface area contributed by atoms with Gasteiger partial charge in [0, 0.05) is 37.9 Å². The second-order valence-corrected chi connectivity index (χ2v) is 5.04. The molecule has 1 fully saturated rings. The number of carbonyl (C=O) groups excluding carboxylic acids is 1. The average Bonchev–Trinajstić information content (AvgIpc) is 2.79. The van der Waals surface area contributed by atoms with E-state index in [9.17, 15) is 18.0 Å². The van der Waals surface area contributed by atoms with E-state index >= 15 is 0 Å². The van der Waals surface area contributed by atoms with Gasteiger partial charge in [0.15, 0.2) is 0 Å². The number of nitrogens with zero attached hydrogens (tertiary/aromatic N) is 2. The molecule has 1 aromatic heterocycles. The second-order valence-electron chi connectivity index (χ2n) is 5.04. The number of likely N-dealkylation sites (tertiary alicyclic amines) is 1. The zero-order valence-corrected chi connectivity index (χ0v) is 11.1. The summed E-state index contributed by atoms with van der Waals surface area (Å²) in [5, 5.41) is 9.09. The van der Waals surface area contributed by atoms with Gasteiger partial charge in [-0.15, -0.1) is 0 Å². The summed E-state index contributed by atoms with van der Waals surface area (Å²) in [5.41, 5.74) is 0.628. The van der Waals surface area contributed by atoms with Crippen LogP contribution in [0.3, 0.4) is 0 Å². The molecule has 0 radical (unpaired) electrons. The first-order valence-corrected chi connectivity index (χ1v) is 6.42. The monoisotopic (exact) mass is 290 g/mol.